The van der Waals surface area contributed by atoms with Crippen LogP contribution in [-0.2, 0) is 0 Å². The van der Waals surface area contributed by atoms with E-state index < -0.39 is 0 Å². The number of H-pyrrole nitrogens is 1. The first kappa shape index (κ1) is 10.7. The summed E-state index contributed by atoms with van der Waals surface area (Å²) in [6.07, 6.45) is 4.08. The maximum atomic E-state index is 6.24. The lowest BCUT2D eigenvalue weighted by molar-refractivity contribution is 0.0570. The van der Waals surface area contributed by atoms with E-state index in [2.05, 4.69) is 35.4 Å². The Morgan fingerprint density at radius 2 is 2.00 bits per heavy atom. The van der Waals surface area contributed by atoms with Gasteiger partial charge in [-0.3, -0.25) is 0 Å². The molecule has 90 valence electrons. The van der Waals surface area contributed by atoms with Crippen LogP contribution >= 0.6 is 0 Å². The number of aromatic nitrogens is 1. The number of piperidine rings is 1. The minimum absolute atomic E-state index is 0.0371. The van der Waals surface area contributed by atoms with Crippen molar-refractivity contribution in [2.45, 2.75) is 25.4 Å². The highest BCUT2D eigenvalue weighted by atomic mass is 16.5. The lowest BCUT2D eigenvalue weighted by atomic mass is 9.94. The quantitative estimate of drug-likeness (QED) is 0.832. The van der Waals surface area contributed by atoms with Gasteiger partial charge in [-0.2, -0.15) is 0 Å². The molecule has 17 heavy (non-hydrogen) atoms. The number of benzene rings is 1. The summed E-state index contributed by atoms with van der Waals surface area (Å²) in [6, 6.07) is 8.28. The summed E-state index contributed by atoms with van der Waals surface area (Å²) in [7, 11) is 0. The van der Waals surface area contributed by atoms with E-state index in [1.54, 1.807) is 0 Å². The van der Waals surface area contributed by atoms with Crippen LogP contribution in [0.1, 0.15) is 19.8 Å². The SMILES string of the molecule is CC1(Oc2cccc3cc[nH]c23)CCNCC1. The molecule has 1 aliphatic heterocycles. The van der Waals surface area contributed by atoms with E-state index in [0.717, 1.165) is 37.2 Å². The number of hydrogen-bond donors (Lipinski definition) is 2. The van der Waals surface area contributed by atoms with E-state index in [0.29, 0.717) is 0 Å². The largest absolute Gasteiger partial charge is 0.485 e. The number of nitrogens with one attached hydrogen (secondary N) is 2. The first-order valence-electron chi connectivity index (χ1n) is 6.23. The first-order valence-corrected chi connectivity index (χ1v) is 6.23. The molecule has 0 amide bonds. The van der Waals surface area contributed by atoms with Crippen molar-refractivity contribution in [2.24, 2.45) is 0 Å². The van der Waals surface area contributed by atoms with Gasteiger partial charge in [0.15, 0.2) is 0 Å². The van der Waals surface area contributed by atoms with Gasteiger partial charge in [-0.15, -0.1) is 0 Å². The summed E-state index contributed by atoms with van der Waals surface area (Å²) in [6.45, 7) is 4.28. The maximum absolute atomic E-state index is 6.24. The molecule has 0 spiro atoms. The molecule has 0 unspecified atom stereocenters. The fraction of sp³-hybridized carbons (Fsp3) is 0.429. The fourth-order valence-electron chi connectivity index (χ4n) is 2.46. The Morgan fingerprint density at radius 3 is 2.82 bits per heavy atom. The van der Waals surface area contributed by atoms with Crippen LogP contribution in [0.2, 0.25) is 0 Å². The Morgan fingerprint density at radius 1 is 1.18 bits per heavy atom. The standard InChI is InChI=1S/C14H18N2O/c1-14(6-9-15-10-7-14)17-12-4-2-3-11-5-8-16-13(11)12/h2-5,8,15-16H,6-7,9-10H2,1H3. The van der Waals surface area contributed by atoms with Gasteiger partial charge >= 0.3 is 0 Å². The van der Waals surface area contributed by atoms with Crippen LogP contribution in [0, 0.1) is 0 Å². The molecule has 1 fully saturated rings. The normalized spacial score (nSPS) is 19.4. The molecule has 1 aliphatic rings. The molecule has 0 radical (unpaired) electrons. The van der Waals surface area contributed by atoms with Crippen LogP contribution in [0.25, 0.3) is 10.9 Å². The van der Waals surface area contributed by atoms with Gasteiger partial charge in [0.25, 0.3) is 0 Å². The summed E-state index contributed by atoms with van der Waals surface area (Å²) in [4.78, 5) is 3.25. The van der Waals surface area contributed by atoms with Crippen molar-refractivity contribution >= 4 is 10.9 Å². The van der Waals surface area contributed by atoms with Gasteiger partial charge < -0.3 is 15.0 Å². The molecule has 2 heterocycles. The van der Waals surface area contributed by atoms with Gasteiger partial charge in [-0.1, -0.05) is 12.1 Å². The number of para-hydroxylation sites is 1. The molecule has 0 bridgehead atoms. The summed E-state index contributed by atoms with van der Waals surface area (Å²) in [5.74, 6) is 0.969. The Bertz CT molecular complexity index is 512. The van der Waals surface area contributed by atoms with Gasteiger partial charge in [0.1, 0.15) is 11.4 Å². The van der Waals surface area contributed by atoms with Crippen LogP contribution in [0.5, 0.6) is 5.75 Å². The minimum atomic E-state index is -0.0371. The van der Waals surface area contributed by atoms with Crippen molar-refractivity contribution in [3.8, 4) is 5.75 Å². The fourth-order valence-corrected chi connectivity index (χ4v) is 2.46. The van der Waals surface area contributed by atoms with E-state index >= 15 is 0 Å². The van der Waals surface area contributed by atoms with Gasteiger partial charge in [-0.05, 0) is 45.0 Å². The third-order valence-electron chi connectivity index (χ3n) is 3.57. The number of ether oxygens (including phenoxy) is 1. The second-order valence-electron chi connectivity index (χ2n) is 5.00. The van der Waals surface area contributed by atoms with E-state index in [4.69, 9.17) is 4.74 Å². The number of rotatable bonds is 2. The average molecular weight is 230 g/mol. The molecule has 0 atom stereocenters. The highest BCUT2D eigenvalue weighted by Crippen LogP contribution is 2.30. The smallest absolute Gasteiger partial charge is 0.144 e. The summed E-state index contributed by atoms with van der Waals surface area (Å²) in [5, 5.41) is 4.58. The lowest BCUT2D eigenvalue weighted by Crippen LogP contribution is -2.43. The lowest BCUT2D eigenvalue weighted by Gasteiger charge is -2.34. The number of aromatic amines is 1. The predicted octanol–water partition coefficient (Wildman–Crippen LogP) is 2.69. The molecular formula is C14H18N2O. The molecule has 0 aliphatic carbocycles. The van der Waals surface area contributed by atoms with Crippen LogP contribution < -0.4 is 10.1 Å². The Hall–Kier alpha value is -1.48. The Labute approximate surface area is 101 Å². The van der Waals surface area contributed by atoms with E-state index in [-0.39, 0.29) is 5.60 Å². The van der Waals surface area contributed by atoms with Gasteiger partial charge in [-0.25, -0.2) is 0 Å². The van der Waals surface area contributed by atoms with Crippen molar-refractivity contribution in [1.29, 1.82) is 0 Å². The minimum Gasteiger partial charge on any atom is -0.485 e. The third-order valence-corrected chi connectivity index (χ3v) is 3.57. The maximum Gasteiger partial charge on any atom is 0.144 e. The van der Waals surface area contributed by atoms with Crippen LogP contribution in [0.4, 0.5) is 0 Å². The van der Waals surface area contributed by atoms with Crippen molar-refractivity contribution in [2.75, 3.05) is 13.1 Å². The summed E-state index contributed by atoms with van der Waals surface area (Å²) >= 11 is 0. The summed E-state index contributed by atoms with van der Waals surface area (Å²) in [5.41, 5.74) is 1.07. The van der Waals surface area contributed by atoms with Crippen LogP contribution in [-0.4, -0.2) is 23.7 Å². The van der Waals surface area contributed by atoms with Gasteiger partial charge in [0, 0.05) is 11.6 Å². The molecule has 2 N–H and O–H groups in total. The first-order chi connectivity index (χ1) is 8.27. The predicted molar refractivity (Wildman–Crippen MR) is 69.4 cm³/mol. The molecule has 1 aromatic heterocycles. The molecule has 3 rings (SSSR count). The molecule has 0 saturated carbocycles. The monoisotopic (exact) mass is 230 g/mol. The third kappa shape index (κ3) is 2.03. The Balaban J connectivity index is 1.91. The molecule has 1 aromatic carbocycles. The van der Waals surface area contributed by atoms with Gasteiger partial charge in [0.05, 0.1) is 5.52 Å². The van der Waals surface area contributed by atoms with Crippen molar-refractivity contribution in [1.82, 2.24) is 10.3 Å². The van der Waals surface area contributed by atoms with Crippen LogP contribution in [0.15, 0.2) is 30.5 Å². The molecular weight excluding hydrogens is 212 g/mol. The molecule has 3 nitrogen and oxygen atoms in total. The van der Waals surface area contributed by atoms with Crippen molar-refractivity contribution in [3.05, 3.63) is 30.5 Å². The Kier molecular flexibility index (Phi) is 2.56. The zero-order chi connectivity index (χ0) is 11.7. The zero-order valence-corrected chi connectivity index (χ0v) is 10.1. The highest BCUT2D eigenvalue weighted by Gasteiger charge is 2.29. The topological polar surface area (TPSA) is 37.0 Å². The van der Waals surface area contributed by atoms with Crippen molar-refractivity contribution in [3.63, 3.8) is 0 Å². The second-order valence-corrected chi connectivity index (χ2v) is 5.00. The van der Waals surface area contributed by atoms with E-state index in [9.17, 15) is 0 Å². The van der Waals surface area contributed by atoms with Gasteiger partial charge in [0.2, 0.25) is 0 Å². The molecule has 1 saturated heterocycles. The molecule has 3 heteroatoms. The van der Waals surface area contributed by atoms with Crippen LogP contribution in [0.3, 0.4) is 0 Å². The second kappa shape index (κ2) is 4.08. The zero-order valence-electron chi connectivity index (χ0n) is 10.1. The van der Waals surface area contributed by atoms with Crippen molar-refractivity contribution < 1.29 is 4.74 Å². The van der Waals surface area contributed by atoms with E-state index in [1.807, 2.05) is 12.3 Å². The summed E-state index contributed by atoms with van der Waals surface area (Å²) < 4.78 is 6.24. The highest BCUT2D eigenvalue weighted by molar-refractivity contribution is 5.85. The average Bonchev–Trinajstić information content (AvgIpc) is 2.79. The van der Waals surface area contributed by atoms with E-state index in [1.165, 1.54) is 5.39 Å². The number of fused-ring (bicyclic) bond motifs is 1. The number of hydrogen-bond acceptors (Lipinski definition) is 2. The molecule has 2 aromatic rings.